The van der Waals surface area contributed by atoms with Crippen molar-refractivity contribution >= 4 is 5.96 Å². The van der Waals surface area contributed by atoms with E-state index < -0.39 is 0 Å². The van der Waals surface area contributed by atoms with Gasteiger partial charge in [-0.15, -0.1) is 0 Å². The number of hydrazine groups is 1. The van der Waals surface area contributed by atoms with Crippen LogP contribution in [0.15, 0.2) is 29.4 Å². The van der Waals surface area contributed by atoms with E-state index in [1.165, 1.54) is 0 Å². The molecule has 1 heterocycles. The van der Waals surface area contributed by atoms with Gasteiger partial charge in [0.2, 0.25) is 5.96 Å². The molecule has 0 spiro atoms. The fourth-order valence-electron chi connectivity index (χ4n) is 1.42. The summed E-state index contributed by atoms with van der Waals surface area (Å²) in [6.45, 7) is 4.86. The molecule has 1 aromatic rings. The average molecular weight is 235 g/mol. The molecule has 3 N–H and O–H groups in total. The van der Waals surface area contributed by atoms with Crippen LogP contribution in [-0.2, 0) is 6.42 Å². The fraction of sp³-hybridized carbons (Fsp3) is 0.500. The quantitative estimate of drug-likeness (QED) is 0.350. The zero-order valence-corrected chi connectivity index (χ0v) is 10.7. The molecule has 1 aromatic heterocycles. The van der Waals surface area contributed by atoms with Gasteiger partial charge < -0.3 is 4.90 Å². The topological polar surface area (TPSA) is 66.5 Å². The monoisotopic (exact) mass is 235 g/mol. The highest BCUT2D eigenvalue weighted by Gasteiger charge is 2.05. The molecule has 0 bridgehead atoms. The van der Waals surface area contributed by atoms with Crippen LogP contribution in [0.4, 0.5) is 0 Å². The van der Waals surface area contributed by atoms with E-state index >= 15 is 0 Å². The minimum atomic E-state index is 0.221. The van der Waals surface area contributed by atoms with Crippen molar-refractivity contribution in [1.82, 2.24) is 15.3 Å². The average Bonchev–Trinajstić information content (AvgIpc) is 2.34. The van der Waals surface area contributed by atoms with Gasteiger partial charge in [-0.3, -0.25) is 10.4 Å². The Labute approximate surface area is 103 Å². The number of pyridine rings is 1. The second kappa shape index (κ2) is 6.85. The predicted molar refractivity (Wildman–Crippen MR) is 70.5 cm³/mol. The van der Waals surface area contributed by atoms with E-state index in [0.717, 1.165) is 18.7 Å². The van der Waals surface area contributed by atoms with E-state index in [4.69, 9.17) is 5.84 Å². The summed E-state index contributed by atoms with van der Waals surface area (Å²) in [4.78, 5) is 10.7. The Morgan fingerprint density at radius 1 is 1.53 bits per heavy atom. The Bertz CT molecular complexity index is 347. The first-order valence-electron chi connectivity index (χ1n) is 5.79. The summed E-state index contributed by atoms with van der Waals surface area (Å²) in [5, 5.41) is 0. The Kier molecular flexibility index (Phi) is 5.42. The van der Waals surface area contributed by atoms with Crippen LogP contribution in [0.25, 0.3) is 0 Å². The van der Waals surface area contributed by atoms with Gasteiger partial charge in [0.15, 0.2) is 0 Å². The van der Waals surface area contributed by atoms with Gasteiger partial charge in [0, 0.05) is 37.9 Å². The molecule has 5 nitrogen and oxygen atoms in total. The first-order valence-corrected chi connectivity index (χ1v) is 5.79. The number of aliphatic imine (C=N–C) groups is 1. The number of nitrogens with two attached hydrogens (primary N) is 1. The number of guanidine groups is 1. The first kappa shape index (κ1) is 13.4. The van der Waals surface area contributed by atoms with Crippen LogP contribution in [0.5, 0.6) is 0 Å². The number of hydrogen-bond donors (Lipinski definition) is 2. The molecule has 0 amide bonds. The SMILES string of the molecule is CC(C)N=C(NN)N(C)CCc1ccccn1. The number of nitrogens with one attached hydrogen (secondary N) is 1. The normalized spacial score (nSPS) is 11.7. The molecule has 0 fully saturated rings. The predicted octanol–water partition coefficient (Wildman–Crippen LogP) is 0.784. The summed E-state index contributed by atoms with van der Waals surface area (Å²) in [7, 11) is 1.96. The maximum Gasteiger partial charge on any atom is 0.208 e. The van der Waals surface area contributed by atoms with E-state index in [2.05, 4.69) is 15.4 Å². The second-order valence-electron chi connectivity index (χ2n) is 4.18. The molecule has 0 aliphatic carbocycles. The number of likely N-dealkylation sites (N-methyl/N-ethyl adjacent to an activating group) is 1. The van der Waals surface area contributed by atoms with Gasteiger partial charge in [0.25, 0.3) is 0 Å². The molecular weight excluding hydrogens is 214 g/mol. The minimum Gasteiger partial charge on any atom is -0.345 e. The van der Waals surface area contributed by atoms with Crippen molar-refractivity contribution in [3.05, 3.63) is 30.1 Å². The van der Waals surface area contributed by atoms with Crippen LogP contribution in [0.2, 0.25) is 0 Å². The van der Waals surface area contributed by atoms with Crippen molar-refractivity contribution in [2.45, 2.75) is 26.3 Å². The van der Waals surface area contributed by atoms with Crippen LogP contribution in [0, 0.1) is 0 Å². The maximum absolute atomic E-state index is 5.45. The first-order chi connectivity index (χ1) is 8.13. The van der Waals surface area contributed by atoms with E-state index in [1.807, 2.05) is 44.0 Å². The smallest absolute Gasteiger partial charge is 0.208 e. The van der Waals surface area contributed by atoms with Crippen LogP contribution < -0.4 is 11.3 Å². The molecule has 0 aromatic carbocycles. The Balaban J connectivity index is 2.51. The molecule has 0 aliphatic rings. The van der Waals surface area contributed by atoms with Crippen LogP contribution in [-0.4, -0.2) is 35.5 Å². The van der Waals surface area contributed by atoms with Gasteiger partial charge in [-0.1, -0.05) is 6.07 Å². The van der Waals surface area contributed by atoms with Gasteiger partial charge in [-0.2, -0.15) is 0 Å². The largest absolute Gasteiger partial charge is 0.345 e. The Morgan fingerprint density at radius 2 is 2.29 bits per heavy atom. The number of rotatable bonds is 4. The lowest BCUT2D eigenvalue weighted by molar-refractivity contribution is 0.480. The van der Waals surface area contributed by atoms with Crippen molar-refractivity contribution in [2.24, 2.45) is 10.8 Å². The van der Waals surface area contributed by atoms with Gasteiger partial charge >= 0.3 is 0 Å². The minimum absolute atomic E-state index is 0.221. The molecule has 0 saturated heterocycles. The molecule has 17 heavy (non-hydrogen) atoms. The number of hydrogen-bond acceptors (Lipinski definition) is 3. The molecule has 0 atom stereocenters. The third-order valence-electron chi connectivity index (χ3n) is 2.30. The highest BCUT2D eigenvalue weighted by atomic mass is 15.4. The summed E-state index contributed by atoms with van der Waals surface area (Å²) in [6.07, 6.45) is 2.68. The number of aromatic nitrogens is 1. The van der Waals surface area contributed by atoms with E-state index in [1.54, 1.807) is 6.20 Å². The summed E-state index contributed by atoms with van der Waals surface area (Å²) < 4.78 is 0. The van der Waals surface area contributed by atoms with E-state index in [9.17, 15) is 0 Å². The molecule has 5 heteroatoms. The zero-order chi connectivity index (χ0) is 12.7. The van der Waals surface area contributed by atoms with Gasteiger partial charge in [-0.25, -0.2) is 10.8 Å². The third kappa shape index (κ3) is 4.82. The number of nitrogens with zero attached hydrogens (tertiary/aromatic N) is 3. The molecule has 0 saturated carbocycles. The van der Waals surface area contributed by atoms with Crippen molar-refractivity contribution < 1.29 is 0 Å². The Hall–Kier alpha value is -1.62. The zero-order valence-electron chi connectivity index (χ0n) is 10.7. The third-order valence-corrected chi connectivity index (χ3v) is 2.30. The van der Waals surface area contributed by atoms with Crippen LogP contribution in [0.1, 0.15) is 19.5 Å². The summed E-state index contributed by atoms with van der Waals surface area (Å²) >= 11 is 0. The lowest BCUT2D eigenvalue weighted by Crippen LogP contribution is -2.44. The molecule has 1 rings (SSSR count). The van der Waals surface area contributed by atoms with Crippen LogP contribution in [0.3, 0.4) is 0 Å². The van der Waals surface area contributed by atoms with E-state index in [-0.39, 0.29) is 6.04 Å². The maximum atomic E-state index is 5.45. The summed E-state index contributed by atoms with van der Waals surface area (Å²) in [6, 6.07) is 6.15. The molecular formula is C12H21N5. The van der Waals surface area contributed by atoms with Gasteiger partial charge in [0.1, 0.15) is 0 Å². The van der Waals surface area contributed by atoms with Crippen molar-refractivity contribution in [2.75, 3.05) is 13.6 Å². The van der Waals surface area contributed by atoms with E-state index in [0.29, 0.717) is 5.96 Å². The van der Waals surface area contributed by atoms with Crippen molar-refractivity contribution in [3.63, 3.8) is 0 Å². The Morgan fingerprint density at radius 3 is 2.82 bits per heavy atom. The molecule has 0 radical (unpaired) electrons. The second-order valence-corrected chi connectivity index (χ2v) is 4.18. The highest BCUT2D eigenvalue weighted by molar-refractivity contribution is 5.79. The molecule has 0 aliphatic heterocycles. The molecule has 0 unspecified atom stereocenters. The fourth-order valence-corrected chi connectivity index (χ4v) is 1.42. The molecule has 94 valence electrons. The lowest BCUT2D eigenvalue weighted by Gasteiger charge is -2.21. The van der Waals surface area contributed by atoms with Crippen LogP contribution >= 0.6 is 0 Å². The van der Waals surface area contributed by atoms with Gasteiger partial charge in [-0.05, 0) is 26.0 Å². The lowest BCUT2D eigenvalue weighted by atomic mass is 10.2. The summed E-state index contributed by atoms with van der Waals surface area (Å²) in [5.41, 5.74) is 3.69. The van der Waals surface area contributed by atoms with Gasteiger partial charge in [0.05, 0.1) is 0 Å². The van der Waals surface area contributed by atoms with Crippen molar-refractivity contribution in [1.29, 1.82) is 0 Å². The standard InChI is InChI=1S/C12H21N5/c1-10(2)15-12(16-13)17(3)9-7-11-6-4-5-8-14-11/h4-6,8,10H,7,9,13H2,1-3H3,(H,15,16). The summed E-state index contributed by atoms with van der Waals surface area (Å²) in [5.74, 6) is 6.16. The van der Waals surface area contributed by atoms with Crippen molar-refractivity contribution in [3.8, 4) is 0 Å². The highest BCUT2D eigenvalue weighted by Crippen LogP contribution is 1.97.